The van der Waals surface area contributed by atoms with Gasteiger partial charge in [-0.2, -0.15) is 13.2 Å². The number of esters is 1. The van der Waals surface area contributed by atoms with E-state index in [-0.39, 0.29) is 21.5 Å². The Hall–Kier alpha value is -3.57. The standard InChI is InChI=1S/C26H22ClF3N2O5S/c1-4-36-17-11-6-14(12-18(17)35-3)13-19-23(33)32-21(15-7-9-16(27)10-8-15)20(24(34)37-5-2)22(26(28,29)30)31-25(32)38-19/h6-13,21H,4-5H2,1-3H3/b19-13-/t21-/m0/s1. The van der Waals surface area contributed by atoms with E-state index in [1.54, 1.807) is 18.2 Å². The summed E-state index contributed by atoms with van der Waals surface area (Å²) in [5.74, 6) is -0.282. The Morgan fingerprint density at radius 3 is 2.45 bits per heavy atom. The van der Waals surface area contributed by atoms with Crippen LogP contribution in [0.2, 0.25) is 5.02 Å². The summed E-state index contributed by atoms with van der Waals surface area (Å²) in [5, 5.41) is 0.336. The molecule has 3 aromatic rings. The number of thiazole rings is 1. The van der Waals surface area contributed by atoms with Crippen molar-refractivity contribution in [3.05, 3.63) is 89.6 Å². The molecule has 0 saturated heterocycles. The second-order valence-corrected chi connectivity index (χ2v) is 9.40. The van der Waals surface area contributed by atoms with Gasteiger partial charge in [-0.15, -0.1) is 0 Å². The SMILES string of the molecule is CCOC(=O)C1=C(C(F)(F)F)N=c2s/c(=C\c3ccc(OCC)c(OC)c3)c(=O)n2[C@H]1c1ccc(Cl)cc1. The molecule has 0 saturated carbocycles. The number of hydrogen-bond donors (Lipinski definition) is 0. The van der Waals surface area contributed by atoms with E-state index in [4.69, 9.17) is 25.8 Å². The molecule has 1 aliphatic heterocycles. The minimum Gasteiger partial charge on any atom is -0.493 e. The molecule has 12 heteroatoms. The van der Waals surface area contributed by atoms with Crippen molar-refractivity contribution in [2.75, 3.05) is 20.3 Å². The number of ether oxygens (including phenoxy) is 3. The number of benzene rings is 2. The lowest BCUT2D eigenvalue weighted by atomic mass is 9.95. The van der Waals surface area contributed by atoms with Gasteiger partial charge in [0, 0.05) is 5.02 Å². The van der Waals surface area contributed by atoms with Crippen LogP contribution < -0.4 is 24.4 Å². The van der Waals surface area contributed by atoms with Crippen molar-refractivity contribution in [3.63, 3.8) is 0 Å². The Bertz CT molecular complexity index is 1580. The number of rotatable bonds is 7. The number of carbonyl (C=O) groups excluding carboxylic acids is 1. The van der Waals surface area contributed by atoms with Gasteiger partial charge in [0.15, 0.2) is 22.0 Å². The van der Waals surface area contributed by atoms with Gasteiger partial charge in [-0.3, -0.25) is 9.36 Å². The third kappa shape index (κ3) is 5.34. The Kier molecular flexibility index (Phi) is 7.98. The molecule has 0 radical (unpaired) electrons. The second kappa shape index (κ2) is 11.0. The highest BCUT2D eigenvalue weighted by Gasteiger charge is 2.45. The molecule has 4 rings (SSSR count). The summed E-state index contributed by atoms with van der Waals surface area (Å²) >= 11 is 6.77. The van der Waals surface area contributed by atoms with E-state index in [0.717, 1.165) is 15.9 Å². The van der Waals surface area contributed by atoms with Gasteiger partial charge in [-0.1, -0.05) is 41.1 Å². The van der Waals surface area contributed by atoms with E-state index in [1.807, 2.05) is 6.92 Å². The summed E-state index contributed by atoms with van der Waals surface area (Å²) in [5.41, 5.74) is -2.01. The molecule has 0 fully saturated rings. The van der Waals surface area contributed by atoms with Crippen molar-refractivity contribution < 1.29 is 32.2 Å². The summed E-state index contributed by atoms with van der Waals surface area (Å²) < 4.78 is 59.6. The van der Waals surface area contributed by atoms with Crippen molar-refractivity contribution in [3.8, 4) is 11.5 Å². The van der Waals surface area contributed by atoms with Crippen LogP contribution in [0.25, 0.3) is 6.08 Å². The molecule has 0 amide bonds. The molecule has 0 spiro atoms. The topological polar surface area (TPSA) is 79.1 Å². The van der Waals surface area contributed by atoms with E-state index >= 15 is 0 Å². The van der Waals surface area contributed by atoms with E-state index in [2.05, 4.69) is 4.99 Å². The van der Waals surface area contributed by atoms with Gasteiger partial charge in [0.2, 0.25) is 0 Å². The smallest absolute Gasteiger partial charge is 0.434 e. The lowest BCUT2D eigenvalue weighted by molar-refractivity contribution is -0.140. The summed E-state index contributed by atoms with van der Waals surface area (Å²) in [6.07, 6.45) is -3.47. The van der Waals surface area contributed by atoms with Crippen molar-refractivity contribution in [2.45, 2.75) is 26.1 Å². The highest BCUT2D eigenvalue weighted by Crippen LogP contribution is 2.38. The maximum atomic E-state index is 14.2. The molecule has 0 unspecified atom stereocenters. The Morgan fingerprint density at radius 1 is 1.13 bits per heavy atom. The predicted molar refractivity (Wildman–Crippen MR) is 136 cm³/mol. The first-order valence-corrected chi connectivity index (χ1v) is 12.6. The maximum Gasteiger partial charge on any atom is 0.434 e. The number of aromatic nitrogens is 1. The van der Waals surface area contributed by atoms with Crippen LogP contribution in [0.5, 0.6) is 11.5 Å². The fraction of sp³-hybridized carbons (Fsp3) is 0.269. The van der Waals surface area contributed by atoms with Gasteiger partial charge in [0.1, 0.15) is 0 Å². The number of methoxy groups -OCH3 is 1. The van der Waals surface area contributed by atoms with Gasteiger partial charge in [-0.05, 0) is 55.3 Å². The van der Waals surface area contributed by atoms with Crippen LogP contribution in [0.4, 0.5) is 13.2 Å². The van der Waals surface area contributed by atoms with Crippen molar-refractivity contribution >= 4 is 35.0 Å². The van der Waals surface area contributed by atoms with Crippen LogP contribution in [-0.4, -0.2) is 37.0 Å². The maximum absolute atomic E-state index is 14.2. The number of nitrogens with zero attached hydrogens (tertiary/aromatic N) is 2. The zero-order valence-electron chi connectivity index (χ0n) is 20.5. The highest BCUT2D eigenvalue weighted by atomic mass is 35.5. The molecule has 7 nitrogen and oxygen atoms in total. The van der Waals surface area contributed by atoms with Gasteiger partial charge in [-0.25, -0.2) is 9.79 Å². The molecular formula is C26H22ClF3N2O5S. The Morgan fingerprint density at radius 2 is 1.84 bits per heavy atom. The van der Waals surface area contributed by atoms with Crippen LogP contribution in [0, 0.1) is 0 Å². The number of halogens is 4. The highest BCUT2D eigenvalue weighted by molar-refractivity contribution is 7.07. The molecule has 38 heavy (non-hydrogen) atoms. The van der Waals surface area contributed by atoms with Crippen LogP contribution in [0.1, 0.15) is 31.0 Å². The Balaban J connectivity index is 1.99. The van der Waals surface area contributed by atoms with Gasteiger partial charge in [0.05, 0.1) is 36.5 Å². The lowest BCUT2D eigenvalue weighted by Crippen LogP contribution is -2.41. The molecule has 0 bridgehead atoms. The fourth-order valence-corrected chi connectivity index (χ4v) is 5.13. The summed E-state index contributed by atoms with van der Waals surface area (Å²) in [6, 6.07) is 9.42. The summed E-state index contributed by atoms with van der Waals surface area (Å²) in [6.45, 7) is 3.56. The summed E-state index contributed by atoms with van der Waals surface area (Å²) in [7, 11) is 1.47. The molecule has 200 valence electrons. The quantitative estimate of drug-likeness (QED) is 0.396. The van der Waals surface area contributed by atoms with Crippen LogP contribution >= 0.6 is 22.9 Å². The van der Waals surface area contributed by atoms with E-state index in [1.165, 1.54) is 44.4 Å². The lowest BCUT2D eigenvalue weighted by Gasteiger charge is -2.26. The number of hydrogen-bond acceptors (Lipinski definition) is 7. The number of alkyl halides is 3. The molecular weight excluding hydrogens is 545 g/mol. The zero-order chi connectivity index (χ0) is 27.6. The van der Waals surface area contributed by atoms with Crippen LogP contribution in [-0.2, 0) is 9.53 Å². The first-order valence-electron chi connectivity index (χ1n) is 11.5. The van der Waals surface area contributed by atoms with Crippen LogP contribution in [0.15, 0.2) is 63.5 Å². The van der Waals surface area contributed by atoms with E-state index in [0.29, 0.717) is 28.7 Å². The van der Waals surface area contributed by atoms with Crippen LogP contribution in [0.3, 0.4) is 0 Å². The van der Waals surface area contributed by atoms with Gasteiger partial charge >= 0.3 is 12.1 Å². The average molecular weight is 567 g/mol. The van der Waals surface area contributed by atoms with Crippen molar-refractivity contribution in [1.29, 1.82) is 0 Å². The monoisotopic (exact) mass is 566 g/mol. The molecule has 0 aliphatic carbocycles. The third-order valence-corrected chi connectivity index (χ3v) is 6.80. The molecule has 1 aromatic heterocycles. The zero-order valence-corrected chi connectivity index (χ0v) is 22.0. The molecule has 2 aromatic carbocycles. The van der Waals surface area contributed by atoms with Gasteiger partial charge < -0.3 is 14.2 Å². The normalized spacial score (nSPS) is 15.7. The van der Waals surface area contributed by atoms with Crippen molar-refractivity contribution in [1.82, 2.24) is 4.57 Å². The number of allylic oxidation sites excluding steroid dienone is 1. The van der Waals surface area contributed by atoms with E-state index in [9.17, 15) is 22.8 Å². The molecule has 1 aliphatic rings. The minimum atomic E-state index is -4.98. The average Bonchev–Trinajstić information content (AvgIpc) is 3.18. The first kappa shape index (κ1) is 27.5. The van der Waals surface area contributed by atoms with Crippen molar-refractivity contribution in [2.24, 2.45) is 4.99 Å². The number of carbonyl (C=O) groups is 1. The number of fused-ring (bicyclic) bond motifs is 1. The summed E-state index contributed by atoms with van der Waals surface area (Å²) in [4.78, 5) is 30.0. The minimum absolute atomic E-state index is 0.112. The fourth-order valence-electron chi connectivity index (χ4n) is 4.00. The molecule has 1 atom stereocenters. The predicted octanol–water partition coefficient (Wildman–Crippen LogP) is 4.40. The Labute approximate surface area is 224 Å². The second-order valence-electron chi connectivity index (χ2n) is 7.96. The van der Waals surface area contributed by atoms with Gasteiger partial charge in [0.25, 0.3) is 5.56 Å². The largest absolute Gasteiger partial charge is 0.493 e. The first-order chi connectivity index (χ1) is 18.1. The third-order valence-electron chi connectivity index (χ3n) is 5.57. The molecule has 2 heterocycles. The molecule has 0 N–H and O–H groups in total. The van der Waals surface area contributed by atoms with E-state index < -0.39 is 35.0 Å².